The Kier molecular flexibility index (Phi) is 17.6. The van der Waals surface area contributed by atoms with Crippen molar-refractivity contribution in [2.75, 3.05) is 27.8 Å². The van der Waals surface area contributed by atoms with Crippen molar-refractivity contribution in [3.05, 3.63) is 35.9 Å². The number of benzene rings is 1. The minimum absolute atomic E-state index is 0.0109. The van der Waals surface area contributed by atoms with Gasteiger partial charge in [0.2, 0.25) is 23.6 Å². The van der Waals surface area contributed by atoms with E-state index in [0.717, 1.165) is 12.0 Å². The molecule has 4 amide bonds. The second-order valence-corrected chi connectivity index (χ2v) is 16.8. The molecule has 0 spiro atoms. The van der Waals surface area contributed by atoms with E-state index in [1.165, 1.54) is 14.2 Å². The smallest absolute Gasteiger partial charge is 0.329 e. The lowest BCUT2D eigenvalue weighted by Gasteiger charge is -2.41. The maximum atomic E-state index is 14.2. The highest BCUT2D eigenvalue weighted by Crippen LogP contribution is 2.30. The molecule has 1 aromatic carbocycles. The molecule has 13 heteroatoms. The summed E-state index contributed by atoms with van der Waals surface area (Å²) in [6.07, 6.45) is 0.975. The quantitative estimate of drug-likeness (QED) is 0.178. The molecule has 1 aliphatic heterocycles. The second kappa shape index (κ2) is 20.4. The van der Waals surface area contributed by atoms with E-state index in [0.29, 0.717) is 19.4 Å². The normalized spacial score (nSPS) is 18.9. The lowest BCUT2D eigenvalue weighted by molar-refractivity contribution is -0.159. The molecule has 0 saturated carbocycles. The first-order valence-electron chi connectivity index (χ1n) is 19.4. The van der Waals surface area contributed by atoms with Gasteiger partial charge in [0.1, 0.15) is 17.7 Å². The van der Waals surface area contributed by atoms with Crippen LogP contribution in [0.1, 0.15) is 100 Å². The number of nitrogens with two attached hydrogens (primary N) is 1. The zero-order valence-electron chi connectivity index (χ0n) is 35.1. The highest BCUT2D eigenvalue weighted by atomic mass is 16.6. The number of methoxy groups -OCH3 is 2. The minimum Gasteiger partial charge on any atom is -0.458 e. The fourth-order valence-corrected chi connectivity index (χ4v) is 7.09. The van der Waals surface area contributed by atoms with Crippen molar-refractivity contribution in [1.29, 1.82) is 0 Å². The maximum absolute atomic E-state index is 14.2. The van der Waals surface area contributed by atoms with Crippen LogP contribution in [-0.4, -0.2) is 115 Å². The van der Waals surface area contributed by atoms with Crippen LogP contribution < -0.4 is 16.4 Å². The van der Waals surface area contributed by atoms with Gasteiger partial charge in [-0.15, -0.1) is 0 Å². The predicted octanol–water partition coefficient (Wildman–Crippen LogP) is 3.85. The van der Waals surface area contributed by atoms with Gasteiger partial charge in [0.25, 0.3) is 0 Å². The molecule has 8 atom stereocenters. The number of carbonyl (C=O) groups excluding carboxylic acids is 5. The van der Waals surface area contributed by atoms with Crippen molar-refractivity contribution in [3.8, 4) is 0 Å². The van der Waals surface area contributed by atoms with E-state index in [-0.39, 0.29) is 42.4 Å². The topological polar surface area (TPSA) is 170 Å². The molecule has 2 rings (SSSR count). The molecule has 1 aliphatic rings. The van der Waals surface area contributed by atoms with Crippen molar-refractivity contribution in [3.63, 3.8) is 0 Å². The molecule has 4 N–H and O–H groups in total. The predicted molar refractivity (Wildman–Crippen MR) is 209 cm³/mol. The van der Waals surface area contributed by atoms with E-state index >= 15 is 0 Å². The van der Waals surface area contributed by atoms with Gasteiger partial charge in [0.15, 0.2) is 0 Å². The maximum Gasteiger partial charge on any atom is 0.329 e. The molecule has 0 unspecified atom stereocenters. The Morgan fingerprint density at radius 1 is 0.963 bits per heavy atom. The number of likely N-dealkylation sites (tertiary alicyclic amines) is 1. The summed E-state index contributed by atoms with van der Waals surface area (Å²) in [4.78, 5) is 71.5. The first-order valence-corrected chi connectivity index (χ1v) is 19.4. The fourth-order valence-electron chi connectivity index (χ4n) is 7.09. The van der Waals surface area contributed by atoms with Crippen LogP contribution in [0.25, 0.3) is 0 Å². The third-order valence-corrected chi connectivity index (χ3v) is 10.4. The molecule has 54 heavy (non-hydrogen) atoms. The van der Waals surface area contributed by atoms with E-state index in [1.54, 1.807) is 58.4 Å². The van der Waals surface area contributed by atoms with Crippen molar-refractivity contribution in [2.45, 2.75) is 149 Å². The molecular formula is C41H69N5O8. The van der Waals surface area contributed by atoms with Gasteiger partial charge in [0, 0.05) is 34.2 Å². The van der Waals surface area contributed by atoms with Gasteiger partial charge in [0.05, 0.1) is 42.2 Å². The van der Waals surface area contributed by atoms with Crippen LogP contribution in [0.2, 0.25) is 0 Å². The van der Waals surface area contributed by atoms with Gasteiger partial charge >= 0.3 is 5.97 Å². The lowest BCUT2D eigenvalue weighted by atomic mass is 9.89. The Hall–Kier alpha value is -3.55. The fraction of sp³-hybridized carbons (Fsp3) is 0.732. The first-order chi connectivity index (χ1) is 25.1. The number of likely N-dealkylation sites (N-methyl/N-ethyl adjacent to an activating group) is 1. The largest absolute Gasteiger partial charge is 0.458 e. The van der Waals surface area contributed by atoms with Crippen LogP contribution in [0, 0.1) is 17.8 Å². The molecule has 1 saturated heterocycles. The summed E-state index contributed by atoms with van der Waals surface area (Å²) in [6.45, 7) is 18.5. The highest BCUT2D eigenvalue weighted by Gasteiger charge is 2.43. The molecule has 0 aromatic heterocycles. The number of hydrogen-bond donors (Lipinski definition) is 3. The van der Waals surface area contributed by atoms with Crippen LogP contribution >= 0.6 is 0 Å². The summed E-state index contributed by atoms with van der Waals surface area (Å²) in [5.74, 6) is -2.82. The Morgan fingerprint density at radius 3 is 2.07 bits per heavy atom. The molecular weight excluding hydrogens is 690 g/mol. The number of nitrogens with zero attached hydrogens (tertiary/aromatic N) is 2. The van der Waals surface area contributed by atoms with Crippen LogP contribution in [0.3, 0.4) is 0 Å². The van der Waals surface area contributed by atoms with E-state index in [4.69, 9.17) is 19.9 Å². The number of rotatable bonds is 19. The second-order valence-electron chi connectivity index (χ2n) is 16.8. The average Bonchev–Trinajstić information content (AvgIpc) is 3.58. The summed E-state index contributed by atoms with van der Waals surface area (Å²) < 4.78 is 17.6. The summed E-state index contributed by atoms with van der Waals surface area (Å²) in [6, 6.07) is 6.77. The number of carbonyl (C=O) groups is 5. The Balaban J connectivity index is 2.30. The number of nitrogens with one attached hydrogen (secondary N) is 2. The summed E-state index contributed by atoms with van der Waals surface area (Å²) in [5, 5.41) is 5.75. The van der Waals surface area contributed by atoms with Gasteiger partial charge in [-0.1, -0.05) is 71.4 Å². The van der Waals surface area contributed by atoms with E-state index in [2.05, 4.69) is 10.6 Å². The Bertz CT molecular complexity index is 1390. The minimum atomic E-state index is -1.17. The van der Waals surface area contributed by atoms with Gasteiger partial charge in [-0.25, -0.2) is 4.79 Å². The van der Waals surface area contributed by atoms with Gasteiger partial charge < -0.3 is 40.4 Å². The van der Waals surface area contributed by atoms with Crippen LogP contribution in [0.15, 0.2) is 30.3 Å². The third kappa shape index (κ3) is 13.0. The number of ether oxygens (including phenoxy) is 3. The zero-order chi connectivity index (χ0) is 41.1. The van der Waals surface area contributed by atoms with Crippen LogP contribution in [-0.2, 0) is 44.6 Å². The molecule has 13 nitrogen and oxygen atoms in total. The molecule has 306 valence electrons. The van der Waals surface area contributed by atoms with Crippen LogP contribution in [0.5, 0.6) is 0 Å². The van der Waals surface area contributed by atoms with E-state index in [1.807, 2.05) is 58.0 Å². The molecule has 0 aliphatic carbocycles. The summed E-state index contributed by atoms with van der Waals surface area (Å²) in [7, 11) is 4.75. The number of esters is 1. The first kappa shape index (κ1) is 46.6. The zero-order valence-corrected chi connectivity index (χ0v) is 35.1. The molecule has 1 fully saturated rings. The Morgan fingerprint density at radius 2 is 1.57 bits per heavy atom. The Labute approximate surface area is 323 Å². The molecule has 1 aromatic rings. The van der Waals surface area contributed by atoms with Crippen LogP contribution in [0.4, 0.5) is 0 Å². The summed E-state index contributed by atoms with van der Waals surface area (Å²) in [5.41, 5.74) is 4.99. The van der Waals surface area contributed by atoms with Crippen molar-refractivity contribution >= 4 is 29.6 Å². The standard InChI is InChI=1S/C41H69N5O8/c1-14-26(4)34(45(11)37(49)33(25(2)3)44-39(51)41(9,10)42)31(52-12)24-32(47)46-22-18-21-30(46)35(53-13)27(5)36(48)43-29(38(50)54-40(6,7)8)23-28-19-16-15-17-20-28/h15-17,19-20,25-27,29-31,33-35H,14,18,21-24,42H2,1-13H3,(H,43,48)(H,44,51)/t26-,27+,29-,30-,31+,33-,34-,35+/m0/s1. The van der Waals surface area contributed by atoms with Gasteiger partial charge in [-0.2, -0.15) is 0 Å². The SMILES string of the molecule is CC[C@H](C)[C@@H]([C@@H](CC(=O)N1CCC[C@H]1[C@H](OC)[C@@H](C)C(=O)N[C@@H](Cc1ccccc1)C(=O)OC(C)(C)C)OC)N(C)C(=O)[C@@H](NC(=O)C(C)(C)N)C(C)C. The van der Waals surface area contributed by atoms with Gasteiger partial charge in [-0.3, -0.25) is 19.2 Å². The van der Waals surface area contributed by atoms with Crippen molar-refractivity contribution in [2.24, 2.45) is 23.5 Å². The third-order valence-electron chi connectivity index (χ3n) is 10.4. The highest BCUT2D eigenvalue weighted by molar-refractivity contribution is 5.92. The average molecular weight is 760 g/mol. The monoisotopic (exact) mass is 760 g/mol. The molecule has 0 bridgehead atoms. The summed E-state index contributed by atoms with van der Waals surface area (Å²) >= 11 is 0. The molecule has 1 heterocycles. The lowest BCUT2D eigenvalue weighted by Crippen LogP contribution is -2.60. The van der Waals surface area contributed by atoms with E-state index < -0.39 is 65.3 Å². The van der Waals surface area contributed by atoms with E-state index in [9.17, 15) is 24.0 Å². The van der Waals surface area contributed by atoms with Gasteiger partial charge in [-0.05, 0) is 64.9 Å². The van der Waals surface area contributed by atoms with Crippen molar-refractivity contribution < 1.29 is 38.2 Å². The number of hydrogen-bond acceptors (Lipinski definition) is 9. The van der Waals surface area contributed by atoms with Crippen molar-refractivity contribution in [1.82, 2.24) is 20.4 Å². The number of amides is 4. The molecule has 0 radical (unpaired) electrons.